The number of rotatable bonds is 4. The second-order valence-corrected chi connectivity index (χ2v) is 5.97. The van der Waals surface area contributed by atoms with Gasteiger partial charge in [0.2, 0.25) is 0 Å². The molecule has 0 unspecified atom stereocenters. The van der Waals surface area contributed by atoms with Gasteiger partial charge in [0, 0.05) is 16.7 Å². The van der Waals surface area contributed by atoms with Gasteiger partial charge in [-0.3, -0.25) is 15.5 Å². The Morgan fingerprint density at radius 2 is 2.00 bits per heavy atom. The van der Waals surface area contributed by atoms with Gasteiger partial charge in [-0.15, -0.1) is 0 Å². The van der Waals surface area contributed by atoms with E-state index in [1.165, 1.54) is 12.1 Å². The number of nitrogens with zero attached hydrogens (tertiary/aromatic N) is 2. The molecule has 132 valence electrons. The predicted molar refractivity (Wildman–Crippen MR) is 90.1 cm³/mol. The highest BCUT2D eigenvalue weighted by Crippen LogP contribution is 2.35. The van der Waals surface area contributed by atoms with Crippen LogP contribution in [-0.2, 0) is 6.18 Å². The van der Waals surface area contributed by atoms with Gasteiger partial charge in [-0.1, -0.05) is 11.6 Å². The van der Waals surface area contributed by atoms with E-state index in [0.29, 0.717) is 21.6 Å². The number of phenolic OH excluding ortho intramolecular Hbond substituents is 1. The van der Waals surface area contributed by atoms with Gasteiger partial charge in [0.05, 0.1) is 21.2 Å². The maximum atomic E-state index is 12.6. The van der Waals surface area contributed by atoms with Crippen LogP contribution in [0.1, 0.15) is 11.1 Å². The molecule has 0 bridgehead atoms. The topological polar surface area (TPSA) is 87.8 Å². The third-order valence-electron chi connectivity index (χ3n) is 2.97. The van der Waals surface area contributed by atoms with Crippen LogP contribution in [0, 0.1) is 10.1 Å². The van der Waals surface area contributed by atoms with E-state index < -0.39 is 22.4 Å². The van der Waals surface area contributed by atoms with E-state index in [0.717, 1.165) is 12.3 Å². The molecule has 25 heavy (non-hydrogen) atoms. The molecule has 0 aliphatic heterocycles. The first-order chi connectivity index (χ1) is 11.6. The SMILES string of the molecule is O=[N+]([O-])c1cc(C(F)(F)F)ccc1NN=Cc1cc(Cl)cc(Br)c1O. The summed E-state index contributed by atoms with van der Waals surface area (Å²) in [5.74, 6) is -0.170. The maximum Gasteiger partial charge on any atom is 0.416 e. The first-order valence-electron chi connectivity index (χ1n) is 6.42. The third kappa shape index (κ3) is 4.60. The van der Waals surface area contributed by atoms with Gasteiger partial charge in [-0.25, -0.2) is 0 Å². The number of hydrogen-bond acceptors (Lipinski definition) is 5. The maximum absolute atomic E-state index is 12.6. The van der Waals surface area contributed by atoms with Crippen molar-refractivity contribution in [3.63, 3.8) is 0 Å². The molecular formula is C14H8BrClF3N3O3. The van der Waals surface area contributed by atoms with Crippen molar-refractivity contribution in [1.82, 2.24) is 0 Å². The molecule has 2 rings (SSSR count). The fraction of sp³-hybridized carbons (Fsp3) is 0.0714. The van der Waals surface area contributed by atoms with E-state index in [-0.39, 0.29) is 17.0 Å². The van der Waals surface area contributed by atoms with Crippen LogP contribution < -0.4 is 5.43 Å². The normalized spacial score (nSPS) is 11.7. The van der Waals surface area contributed by atoms with Crippen LogP contribution in [0.2, 0.25) is 5.02 Å². The lowest BCUT2D eigenvalue weighted by molar-refractivity contribution is -0.384. The Labute approximate surface area is 152 Å². The van der Waals surface area contributed by atoms with Gasteiger partial charge in [0.25, 0.3) is 5.69 Å². The van der Waals surface area contributed by atoms with E-state index >= 15 is 0 Å². The summed E-state index contributed by atoms with van der Waals surface area (Å²) in [5, 5.41) is 24.8. The number of halogens is 5. The van der Waals surface area contributed by atoms with Crippen LogP contribution >= 0.6 is 27.5 Å². The second-order valence-electron chi connectivity index (χ2n) is 4.68. The highest BCUT2D eigenvalue weighted by molar-refractivity contribution is 9.10. The summed E-state index contributed by atoms with van der Waals surface area (Å²) in [6.07, 6.45) is -3.58. The van der Waals surface area contributed by atoms with Crippen molar-refractivity contribution in [2.45, 2.75) is 6.18 Å². The fourth-order valence-electron chi connectivity index (χ4n) is 1.81. The molecule has 6 nitrogen and oxygen atoms in total. The predicted octanol–water partition coefficient (Wildman–Crippen LogP) is 5.18. The van der Waals surface area contributed by atoms with Crippen molar-refractivity contribution in [3.8, 4) is 5.75 Å². The number of anilines is 1. The Bertz CT molecular complexity index is 859. The molecule has 0 amide bonds. The van der Waals surface area contributed by atoms with Crippen LogP contribution in [0.3, 0.4) is 0 Å². The van der Waals surface area contributed by atoms with Crippen molar-refractivity contribution in [2.24, 2.45) is 5.10 Å². The summed E-state index contributed by atoms with van der Waals surface area (Å²) in [7, 11) is 0. The van der Waals surface area contributed by atoms with Gasteiger partial charge >= 0.3 is 6.18 Å². The van der Waals surface area contributed by atoms with E-state index in [2.05, 4.69) is 26.5 Å². The Balaban J connectivity index is 2.30. The summed E-state index contributed by atoms with van der Waals surface area (Å²) in [5.41, 5.74) is 0.297. The summed E-state index contributed by atoms with van der Waals surface area (Å²) in [6, 6.07) is 4.83. The highest BCUT2D eigenvalue weighted by atomic mass is 79.9. The zero-order valence-corrected chi connectivity index (χ0v) is 14.4. The number of aromatic hydroxyl groups is 1. The fourth-order valence-corrected chi connectivity index (χ4v) is 2.64. The molecule has 0 fully saturated rings. The van der Waals surface area contributed by atoms with Gasteiger partial charge < -0.3 is 5.11 Å². The minimum Gasteiger partial charge on any atom is -0.506 e. The molecule has 0 saturated carbocycles. The molecule has 0 atom stereocenters. The van der Waals surface area contributed by atoms with Gasteiger partial charge in [-0.2, -0.15) is 18.3 Å². The smallest absolute Gasteiger partial charge is 0.416 e. The number of hydrogen-bond donors (Lipinski definition) is 2. The molecule has 0 aliphatic carbocycles. The Hall–Kier alpha value is -2.33. The zero-order chi connectivity index (χ0) is 18.8. The molecule has 0 spiro atoms. The van der Waals surface area contributed by atoms with Crippen LogP contribution in [0.5, 0.6) is 5.75 Å². The number of nitro groups is 1. The first kappa shape index (κ1) is 19.0. The number of benzene rings is 2. The summed E-state index contributed by atoms with van der Waals surface area (Å²) in [4.78, 5) is 10.0. The molecule has 0 aliphatic rings. The number of nitro benzene ring substituents is 1. The molecule has 0 radical (unpaired) electrons. The number of phenols is 1. The van der Waals surface area contributed by atoms with Crippen molar-refractivity contribution in [3.05, 3.63) is 61.1 Å². The third-order valence-corrected chi connectivity index (χ3v) is 3.79. The van der Waals surface area contributed by atoms with E-state index in [4.69, 9.17) is 11.6 Å². The molecule has 2 aromatic carbocycles. The van der Waals surface area contributed by atoms with E-state index in [9.17, 15) is 28.4 Å². The van der Waals surface area contributed by atoms with Crippen LogP contribution in [-0.4, -0.2) is 16.2 Å². The standard InChI is InChI=1S/C14H8BrClF3N3O3/c15-10-5-9(16)3-7(13(10)23)6-20-21-11-2-1-8(14(17,18)19)4-12(11)22(24)25/h1-6,21,23H. The van der Waals surface area contributed by atoms with Gasteiger partial charge in [0.1, 0.15) is 11.4 Å². The molecule has 2 aromatic rings. The van der Waals surface area contributed by atoms with E-state index in [1.54, 1.807) is 0 Å². The highest BCUT2D eigenvalue weighted by Gasteiger charge is 2.33. The lowest BCUT2D eigenvalue weighted by Crippen LogP contribution is -2.06. The zero-order valence-electron chi connectivity index (χ0n) is 12.0. The van der Waals surface area contributed by atoms with Crippen molar-refractivity contribution >= 4 is 45.1 Å². The first-order valence-corrected chi connectivity index (χ1v) is 7.59. The monoisotopic (exact) mass is 437 g/mol. The minimum absolute atomic E-state index is 0.170. The molecule has 0 heterocycles. The Morgan fingerprint density at radius 1 is 1.32 bits per heavy atom. The quantitative estimate of drug-likeness (QED) is 0.391. The van der Waals surface area contributed by atoms with Crippen LogP contribution in [0.15, 0.2) is 39.9 Å². The number of nitrogens with one attached hydrogen (secondary N) is 1. The lowest BCUT2D eigenvalue weighted by atomic mass is 10.1. The second kappa shape index (κ2) is 7.28. The minimum atomic E-state index is -4.70. The summed E-state index contributed by atoms with van der Waals surface area (Å²) < 4.78 is 38.2. The number of hydrazone groups is 1. The van der Waals surface area contributed by atoms with Crippen LogP contribution in [0.4, 0.5) is 24.5 Å². The molecular weight excluding hydrogens is 431 g/mol. The average molecular weight is 439 g/mol. The Morgan fingerprint density at radius 3 is 2.60 bits per heavy atom. The largest absolute Gasteiger partial charge is 0.506 e. The molecule has 0 aromatic heterocycles. The molecule has 0 saturated heterocycles. The van der Waals surface area contributed by atoms with Crippen molar-refractivity contribution < 1.29 is 23.2 Å². The van der Waals surface area contributed by atoms with Crippen molar-refractivity contribution in [1.29, 1.82) is 0 Å². The van der Waals surface area contributed by atoms with Crippen LogP contribution in [0.25, 0.3) is 0 Å². The lowest BCUT2D eigenvalue weighted by Gasteiger charge is -2.08. The van der Waals surface area contributed by atoms with Crippen molar-refractivity contribution in [2.75, 3.05) is 5.43 Å². The average Bonchev–Trinajstić information content (AvgIpc) is 2.50. The van der Waals surface area contributed by atoms with Gasteiger partial charge in [0.15, 0.2) is 0 Å². The van der Waals surface area contributed by atoms with Gasteiger partial charge in [-0.05, 0) is 40.2 Å². The molecule has 11 heteroatoms. The summed E-state index contributed by atoms with van der Waals surface area (Å²) >= 11 is 8.90. The summed E-state index contributed by atoms with van der Waals surface area (Å²) in [6.45, 7) is 0. The molecule has 2 N–H and O–H groups in total. The Kier molecular flexibility index (Phi) is 5.53. The number of alkyl halides is 3. The van der Waals surface area contributed by atoms with E-state index in [1.807, 2.05) is 0 Å².